The van der Waals surface area contributed by atoms with Crippen molar-refractivity contribution in [1.29, 1.82) is 0 Å². The van der Waals surface area contributed by atoms with Gasteiger partial charge in [0.2, 0.25) is 6.41 Å². The Morgan fingerprint density at radius 2 is 2.50 bits per heavy atom. The summed E-state index contributed by atoms with van der Waals surface area (Å²) in [7, 11) is 0. The van der Waals surface area contributed by atoms with Crippen molar-refractivity contribution in [2.75, 3.05) is 13.2 Å². The number of carbonyl (C=O) groups is 1. The summed E-state index contributed by atoms with van der Waals surface area (Å²) in [4.78, 5) is 17.5. The van der Waals surface area contributed by atoms with Gasteiger partial charge in [0.15, 0.2) is 0 Å². The zero-order valence-corrected chi connectivity index (χ0v) is 4.29. The number of nitrogens with two attached hydrogens (primary N) is 1. The van der Waals surface area contributed by atoms with E-state index in [-0.39, 0.29) is 6.61 Å². The molecule has 0 bridgehead atoms. The van der Waals surface area contributed by atoms with Crippen LogP contribution in [0.4, 0.5) is 0 Å². The largest absolute Gasteiger partial charge is 0.356 e. The predicted octanol–water partition coefficient (Wildman–Crippen LogP) is -1.45. The molecule has 0 rings (SSSR count). The summed E-state index contributed by atoms with van der Waals surface area (Å²) in [5, 5.41) is 2.34. The second-order valence-corrected chi connectivity index (χ2v) is 0.990. The topological polar surface area (TPSA) is 73.6 Å². The van der Waals surface area contributed by atoms with Crippen molar-refractivity contribution in [3.63, 3.8) is 0 Å². The number of hydrogen-bond donors (Lipinski definition) is 2. The molecule has 0 heterocycles. The summed E-state index contributed by atoms with van der Waals surface area (Å²) in [6.45, 7) is 0.663. The van der Waals surface area contributed by atoms with E-state index in [9.17, 15) is 4.79 Å². The van der Waals surface area contributed by atoms with E-state index in [2.05, 4.69) is 21.1 Å². The van der Waals surface area contributed by atoms with Crippen molar-refractivity contribution in [1.82, 2.24) is 5.32 Å². The fourth-order valence-electron chi connectivity index (χ4n) is 0.208. The minimum Gasteiger partial charge on any atom is -0.356 e. The minimum absolute atomic E-state index is 0.259. The third kappa shape index (κ3) is 5.35. The van der Waals surface area contributed by atoms with Gasteiger partial charge in [0.25, 0.3) is 0 Å². The summed E-state index contributed by atoms with van der Waals surface area (Å²) in [6.07, 6.45) is 0.569. The molecule has 0 saturated heterocycles. The zero-order chi connectivity index (χ0) is 6.24. The van der Waals surface area contributed by atoms with E-state index < -0.39 is 0 Å². The van der Waals surface area contributed by atoms with E-state index >= 15 is 0 Å². The van der Waals surface area contributed by atoms with Crippen molar-refractivity contribution in [3.8, 4) is 0 Å². The maximum absolute atomic E-state index is 9.53. The molecule has 0 aromatic carbocycles. The molecule has 8 heavy (non-hydrogen) atoms. The molecule has 48 valence electrons. The molecular formula is C3H8N2O3. The second-order valence-electron chi connectivity index (χ2n) is 0.990. The van der Waals surface area contributed by atoms with Crippen LogP contribution in [0.2, 0.25) is 0 Å². The van der Waals surface area contributed by atoms with Gasteiger partial charge >= 0.3 is 0 Å². The molecular weight excluding hydrogens is 112 g/mol. The van der Waals surface area contributed by atoms with E-state index in [0.29, 0.717) is 13.0 Å². The Balaban J connectivity index is 2.62. The normalized spacial score (nSPS) is 8.62. The van der Waals surface area contributed by atoms with Crippen molar-refractivity contribution in [2.45, 2.75) is 0 Å². The first kappa shape index (κ1) is 7.35. The molecule has 0 fully saturated rings. The first-order valence-electron chi connectivity index (χ1n) is 2.07. The number of amides is 1. The van der Waals surface area contributed by atoms with Crippen LogP contribution < -0.4 is 11.2 Å². The van der Waals surface area contributed by atoms with Gasteiger partial charge in [-0.3, -0.25) is 4.79 Å². The van der Waals surface area contributed by atoms with Gasteiger partial charge in [-0.15, -0.1) is 4.99 Å². The fraction of sp³-hybridized carbons (Fsp3) is 0.667. The molecule has 0 aromatic heterocycles. The van der Waals surface area contributed by atoms with Crippen molar-refractivity contribution in [2.24, 2.45) is 5.90 Å². The molecule has 0 radical (unpaired) electrons. The quantitative estimate of drug-likeness (QED) is 0.201. The maximum Gasteiger partial charge on any atom is 0.207 e. The highest BCUT2D eigenvalue weighted by Gasteiger charge is 1.81. The van der Waals surface area contributed by atoms with Gasteiger partial charge in [-0.25, -0.2) is 4.89 Å². The minimum atomic E-state index is 0.259. The number of nitrogens with one attached hydrogen (secondary N) is 1. The van der Waals surface area contributed by atoms with Gasteiger partial charge in [-0.1, -0.05) is 0 Å². The maximum atomic E-state index is 9.53. The third-order valence-electron chi connectivity index (χ3n) is 0.481. The van der Waals surface area contributed by atoms with Crippen molar-refractivity contribution in [3.05, 3.63) is 0 Å². The standard InChI is InChI=1S/C3H8N2O3/c4-8-7-2-1-5-3-6/h3H,1-2,4H2,(H,5,6). The van der Waals surface area contributed by atoms with Crippen LogP contribution in [0, 0.1) is 0 Å². The molecule has 1 amide bonds. The van der Waals surface area contributed by atoms with Gasteiger partial charge in [0.05, 0.1) is 0 Å². The first-order valence-corrected chi connectivity index (χ1v) is 2.07. The molecule has 0 aliphatic heterocycles. The monoisotopic (exact) mass is 120 g/mol. The van der Waals surface area contributed by atoms with Crippen molar-refractivity contribution >= 4 is 6.41 Å². The molecule has 0 unspecified atom stereocenters. The zero-order valence-electron chi connectivity index (χ0n) is 4.29. The van der Waals surface area contributed by atoms with E-state index in [1.165, 1.54) is 0 Å². The predicted molar refractivity (Wildman–Crippen MR) is 25.3 cm³/mol. The lowest BCUT2D eigenvalue weighted by Crippen LogP contribution is -2.18. The Hall–Kier alpha value is -0.650. The third-order valence-corrected chi connectivity index (χ3v) is 0.481. The van der Waals surface area contributed by atoms with Gasteiger partial charge in [-0.05, 0) is 0 Å². The summed E-state index contributed by atoms with van der Waals surface area (Å²) in [5.74, 6) is 4.47. The highest BCUT2D eigenvalue weighted by molar-refractivity contribution is 5.45. The first-order chi connectivity index (χ1) is 3.91. The van der Waals surface area contributed by atoms with Crippen LogP contribution >= 0.6 is 0 Å². The Labute approximate surface area is 46.6 Å². The van der Waals surface area contributed by atoms with Gasteiger partial charge < -0.3 is 5.32 Å². The number of rotatable bonds is 5. The van der Waals surface area contributed by atoms with Gasteiger partial charge in [0, 0.05) is 6.54 Å². The number of hydrogen-bond acceptors (Lipinski definition) is 4. The lowest BCUT2D eigenvalue weighted by Gasteiger charge is -1.95. The average molecular weight is 120 g/mol. The smallest absolute Gasteiger partial charge is 0.207 e. The lowest BCUT2D eigenvalue weighted by molar-refractivity contribution is -0.297. The molecule has 5 heteroatoms. The number of carbonyl (C=O) groups excluding carboxylic acids is 1. The second kappa shape index (κ2) is 6.35. The molecule has 0 saturated carbocycles. The van der Waals surface area contributed by atoms with Crippen molar-refractivity contribution < 1.29 is 14.7 Å². The van der Waals surface area contributed by atoms with Crippen LogP contribution in [-0.4, -0.2) is 19.6 Å². The molecule has 0 aromatic rings. The Bertz CT molecular complexity index is 58.5. The lowest BCUT2D eigenvalue weighted by atomic mass is 10.7. The van der Waals surface area contributed by atoms with Crippen LogP contribution in [0.3, 0.4) is 0 Å². The Morgan fingerprint density at radius 1 is 1.75 bits per heavy atom. The summed E-state index contributed by atoms with van der Waals surface area (Å²) in [6, 6.07) is 0. The van der Waals surface area contributed by atoms with Crippen LogP contribution in [0.15, 0.2) is 0 Å². The molecule has 5 nitrogen and oxygen atoms in total. The molecule has 0 aliphatic rings. The highest BCUT2D eigenvalue weighted by Crippen LogP contribution is 1.64. The Kier molecular flexibility index (Phi) is 5.83. The van der Waals surface area contributed by atoms with Crippen LogP contribution in [0.25, 0.3) is 0 Å². The van der Waals surface area contributed by atoms with E-state index in [1.54, 1.807) is 0 Å². The summed E-state index contributed by atoms with van der Waals surface area (Å²) < 4.78 is 0. The van der Waals surface area contributed by atoms with E-state index in [4.69, 9.17) is 0 Å². The molecule has 3 N–H and O–H groups in total. The van der Waals surface area contributed by atoms with E-state index in [0.717, 1.165) is 0 Å². The fourth-order valence-corrected chi connectivity index (χ4v) is 0.208. The van der Waals surface area contributed by atoms with Gasteiger partial charge in [-0.2, -0.15) is 5.90 Å². The molecule has 0 aliphatic carbocycles. The Morgan fingerprint density at radius 3 is 3.00 bits per heavy atom. The molecule has 0 spiro atoms. The van der Waals surface area contributed by atoms with Crippen LogP contribution in [-0.2, 0) is 14.7 Å². The van der Waals surface area contributed by atoms with Gasteiger partial charge in [0.1, 0.15) is 6.61 Å². The van der Waals surface area contributed by atoms with Crippen LogP contribution in [0.1, 0.15) is 0 Å². The van der Waals surface area contributed by atoms with E-state index in [1.807, 2.05) is 0 Å². The highest BCUT2D eigenvalue weighted by atomic mass is 17.3. The molecule has 0 atom stereocenters. The summed E-state index contributed by atoms with van der Waals surface area (Å²) >= 11 is 0. The SMILES string of the molecule is NOOCCNC=O. The summed E-state index contributed by atoms with van der Waals surface area (Å²) in [5.41, 5.74) is 0. The van der Waals surface area contributed by atoms with Crippen LogP contribution in [0.5, 0.6) is 0 Å². The average Bonchev–Trinajstić information content (AvgIpc) is 1.81.